The van der Waals surface area contributed by atoms with Crippen molar-refractivity contribution in [3.63, 3.8) is 0 Å². The van der Waals surface area contributed by atoms with Gasteiger partial charge in [0.2, 0.25) is 0 Å². The molecule has 0 radical (unpaired) electrons. The zero-order valence-corrected chi connectivity index (χ0v) is 11.2. The van der Waals surface area contributed by atoms with Crippen LogP contribution in [0.5, 0.6) is 0 Å². The van der Waals surface area contributed by atoms with E-state index in [1.54, 1.807) is 7.11 Å². The van der Waals surface area contributed by atoms with Gasteiger partial charge in [-0.3, -0.25) is 0 Å². The van der Waals surface area contributed by atoms with Gasteiger partial charge in [0.15, 0.2) is 0 Å². The van der Waals surface area contributed by atoms with Crippen LogP contribution in [0, 0.1) is 17.2 Å². The van der Waals surface area contributed by atoms with Crippen LogP contribution in [0.15, 0.2) is 0 Å². The molecule has 3 atom stereocenters. The summed E-state index contributed by atoms with van der Waals surface area (Å²) in [6.07, 6.45) is 8.22. The van der Waals surface area contributed by atoms with E-state index >= 15 is 0 Å². The topological polar surface area (TPSA) is 45.0 Å². The van der Waals surface area contributed by atoms with E-state index in [-0.39, 0.29) is 5.92 Å². The van der Waals surface area contributed by atoms with Crippen LogP contribution in [0.4, 0.5) is 0 Å². The lowest BCUT2D eigenvalue weighted by molar-refractivity contribution is 0.150. The molecule has 0 amide bonds. The third-order valence-corrected chi connectivity index (χ3v) is 3.64. The van der Waals surface area contributed by atoms with Gasteiger partial charge in [-0.2, -0.15) is 5.26 Å². The molecule has 0 spiro atoms. The summed E-state index contributed by atoms with van der Waals surface area (Å²) in [5, 5.41) is 12.9. The zero-order valence-electron chi connectivity index (χ0n) is 11.2. The van der Waals surface area contributed by atoms with Crippen LogP contribution in [-0.2, 0) is 4.74 Å². The van der Waals surface area contributed by atoms with E-state index in [9.17, 15) is 5.26 Å². The maximum Gasteiger partial charge on any atom is 0.0672 e. The molecule has 17 heavy (non-hydrogen) atoms. The summed E-state index contributed by atoms with van der Waals surface area (Å²) in [5.74, 6) is 0.189. The predicted octanol–water partition coefficient (Wildman–Crippen LogP) is 2.86. The van der Waals surface area contributed by atoms with E-state index in [1.807, 2.05) is 0 Å². The van der Waals surface area contributed by atoms with Crippen LogP contribution < -0.4 is 5.32 Å². The lowest BCUT2D eigenvalue weighted by Gasteiger charge is -2.27. The molecule has 0 heterocycles. The van der Waals surface area contributed by atoms with E-state index < -0.39 is 0 Å². The average Bonchev–Trinajstić information content (AvgIpc) is 2.55. The van der Waals surface area contributed by atoms with Crippen molar-refractivity contribution in [3.8, 4) is 6.07 Å². The Hall–Kier alpha value is -0.590. The van der Waals surface area contributed by atoms with Crippen molar-refractivity contribution in [2.45, 2.75) is 64.0 Å². The van der Waals surface area contributed by atoms with Gasteiger partial charge in [0.25, 0.3) is 0 Å². The molecule has 1 saturated carbocycles. The molecule has 0 aromatic rings. The highest BCUT2D eigenvalue weighted by Crippen LogP contribution is 2.23. The van der Waals surface area contributed by atoms with Gasteiger partial charge in [-0.05, 0) is 19.3 Å². The number of ether oxygens (including phenoxy) is 1. The van der Waals surface area contributed by atoms with Crippen molar-refractivity contribution in [2.75, 3.05) is 13.7 Å². The second-order valence-electron chi connectivity index (χ2n) is 5.09. The third-order valence-electron chi connectivity index (χ3n) is 3.64. The van der Waals surface area contributed by atoms with Gasteiger partial charge in [-0.1, -0.05) is 32.6 Å². The third kappa shape index (κ3) is 5.06. The van der Waals surface area contributed by atoms with Crippen LogP contribution in [0.2, 0.25) is 0 Å². The Morgan fingerprint density at radius 3 is 2.76 bits per heavy atom. The minimum atomic E-state index is 0.189. The molecule has 1 aliphatic rings. The van der Waals surface area contributed by atoms with E-state index in [0.717, 1.165) is 32.3 Å². The van der Waals surface area contributed by atoms with Crippen molar-refractivity contribution < 1.29 is 4.74 Å². The molecule has 0 bridgehead atoms. The van der Waals surface area contributed by atoms with Crippen molar-refractivity contribution in [3.05, 3.63) is 0 Å². The van der Waals surface area contributed by atoms with Crippen LogP contribution in [0.1, 0.15) is 51.9 Å². The van der Waals surface area contributed by atoms with Gasteiger partial charge in [-0.15, -0.1) is 0 Å². The minimum Gasteiger partial charge on any atom is -0.383 e. The molecule has 1 aliphatic carbocycles. The fourth-order valence-electron chi connectivity index (χ4n) is 2.73. The number of nitrogens with zero attached hydrogens (tertiary/aromatic N) is 1. The van der Waals surface area contributed by atoms with Crippen LogP contribution in [0.25, 0.3) is 0 Å². The Morgan fingerprint density at radius 2 is 2.12 bits per heavy atom. The summed E-state index contributed by atoms with van der Waals surface area (Å²) in [4.78, 5) is 0. The smallest absolute Gasteiger partial charge is 0.0672 e. The van der Waals surface area contributed by atoms with Gasteiger partial charge in [0.05, 0.1) is 18.6 Å². The molecule has 3 heteroatoms. The Kier molecular flexibility index (Phi) is 7.23. The lowest BCUT2D eigenvalue weighted by atomic mass is 9.95. The van der Waals surface area contributed by atoms with Crippen molar-refractivity contribution in [1.82, 2.24) is 5.32 Å². The van der Waals surface area contributed by atoms with Gasteiger partial charge < -0.3 is 10.1 Å². The molecule has 1 fully saturated rings. The van der Waals surface area contributed by atoms with Gasteiger partial charge in [0, 0.05) is 19.2 Å². The lowest BCUT2D eigenvalue weighted by Crippen LogP contribution is -2.44. The summed E-state index contributed by atoms with van der Waals surface area (Å²) in [5.41, 5.74) is 0. The summed E-state index contributed by atoms with van der Waals surface area (Å²) in [7, 11) is 1.75. The van der Waals surface area contributed by atoms with Crippen molar-refractivity contribution >= 4 is 0 Å². The van der Waals surface area contributed by atoms with Crippen molar-refractivity contribution in [2.24, 2.45) is 5.92 Å². The molecule has 3 unspecified atom stereocenters. The predicted molar refractivity (Wildman–Crippen MR) is 69.7 cm³/mol. The first-order valence-corrected chi connectivity index (χ1v) is 6.96. The Bertz CT molecular complexity index is 231. The fraction of sp³-hybridized carbons (Fsp3) is 0.929. The number of rotatable bonds is 6. The van der Waals surface area contributed by atoms with Crippen LogP contribution in [-0.4, -0.2) is 25.8 Å². The number of hydrogen-bond donors (Lipinski definition) is 1. The maximum absolute atomic E-state index is 9.24. The summed E-state index contributed by atoms with van der Waals surface area (Å²) < 4.78 is 5.25. The quantitative estimate of drug-likeness (QED) is 0.724. The van der Waals surface area contributed by atoms with E-state index in [1.165, 1.54) is 19.3 Å². The number of methoxy groups -OCH3 is 1. The van der Waals surface area contributed by atoms with Crippen LogP contribution >= 0.6 is 0 Å². The fourth-order valence-corrected chi connectivity index (χ4v) is 2.73. The molecule has 3 nitrogen and oxygen atoms in total. The Labute approximate surface area is 106 Å². The first-order chi connectivity index (χ1) is 8.31. The van der Waals surface area contributed by atoms with E-state index in [0.29, 0.717) is 12.1 Å². The highest BCUT2D eigenvalue weighted by atomic mass is 16.5. The second-order valence-corrected chi connectivity index (χ2v) is 5.09. The number of hydrogen-bond acceptors (Lipinski definition) is 3. The summed E-state index contributed by atoms with van der Waals surface area (Å²) in [6.45, 7) is 2.95. The highest BCUT2D eigenvalue weighted by Gasteiger charge is 2.25. The minimum absolute atomic E-state index is 0.189. The Balaban J connectivity index is 2.51. The first kappa shape index (κ1) is 14.5. The van der Waals surface area contributed by atoms with Gasteiger partial charge in [-0.25, -0.2) is 0 Å². The van der Waals surface area contributed by atoms with E-state index in [2.05, 4.69) is 18.3 Å². The molecular formula is C14H26N2O. The van der Waals surface area contributed by atoms with Gasteiger partial charge in [0.1, 0.15) is 0 Å². The zero-order chi connectivity index (χ0) is 12.5. The highest BCUT2D eigenvalue weighted by molar-refractivity contribution is 4.94. The molecular weight excluding hydrogens is 212 g/mol. The largest absolute Gasteiger partial charge is 0.383 e. The second kappa shape index (κ2) is 8.49. The van der Waals surface area contributed by atoms with Gasteiger partial charge >= 0.3 is 0 Å². The Morgan fingerprint density at radius 1 is 1.35 bits per heavy atom. The molecule has 1 rings (SSSR count). The normalized spacial score (nSPS) is 27.1. The SMILES string of the molecule is CCCC(COC)NC1CCCCCC1C#N. The number of nitriles is 1. The first-order valence-electron chi connectivity index (χ1n) is 6.96. The van der Waals surface area contributed by atoms with E-state index in [4.69, 9.17) is 4.74 Å². The standard InChI is InChI=1S/C14H26N2O/c1-3-7-13(11-17-2)16-14-9-6-4-5-8-12(14)10-15/h12-14,16H,3-9,11H2,1-2H3. The molecule has 98 valence electrons. The van der Waals surface area contributed by atoms with Crippen molar-refractivity contribution in [1.29, 1.82) is 5.26 Å². The average molecular weight is 238 g/mol. The van der Waals surface area contributed by atoms with Crippen LogP contribution in [0.3, 0.4) is 0 Å². The number of nitrogens with one attached hydrogen (secondary N) is 1. The molecule has 0 aromatic heterocycles. The maximum atomic E-state index is 9.24. The molecule has 1 N–H and O–H groups in total. The molecule has 0 aliphatic heterocycles. The molecule has 0 aromatic carbocycles. The molecule has 0 saturated heterocycles. The monoisotopic (exact) mass is 238 g/mol. The summed E-state index contributed by atoms with van der Waals surface area (Å²) >= 11 is 0. The summed E-state index contributed by atoms with van der Waals surface area (Å²) in [6, 6.07) is 3.26.